The highest BCUT2D eigenvalue weighted by Gasteiger charge is 2.12. The Labute approximate surface area is 159 Å². The third-order valence-electron chi connectivity index (χ3n) is 5.16. The quantitative estimate of drug-likeness (QED) is 0.416. The van der Waals surface area contributed by atoms with Crippen molar-refractivity contribution in [3.05, 3.63) is 77.9 Å². The van der Waals surface area contributed by atoms with E-state index in [1.807, 2.05) is 0 Å². The van der Waals surface area contributed by atoms with E-state index in [0.29, 0.717) is 0 Å². The Kier molecular flexibility index (Phi) is 7.21. The summed E-state index contributed by atoms with van der Waals surface area (Å²) in [5, 5.41) is 2.65. The van der Waals surface area contributed by atoms with Crippen molar-refractivity contribution < 1.29 is 0 Å². The fourth-order valence-corrected chi connectivity index (χ4v) is 3.89. The predicted octanol–water partition coefficient (Wildman–Crippen LogP) is 8.30. The lowest BCUT2D eigenvalue weighted by molar-refractivity contribution is 0.886. The minimum absolute atomic E-state index is 0. The molecule has 0 unspecified atom stereocenters. The van der Waals surface area contributed by atoms with Crippen molar-refractivity contribution >= 4 is 16.8 Å². The van der Waals surface area contributed by atoms with E-state index in [4.69, 9.17) is 0 Å². The number of hydrogen-bond acceptors (Lipinski definition) is 0. The molecular formula is C26H32. The second-order valence-electron chi connectivity index (χ2n) is 6.77. The predicted molar refractivity (Wildman–Crippen MR) is 119 cm³/mol. The van der Waals surface area contributed by atoms with Crippen LogP contribution >= 0.6 is 0 Å². The standard InChI is InChI=1S/C19H14.C5H10.2CH4/c1-2-10-16-14(6-1)8-4-12-18(16)19-13-5-9-15-7-3-11-17(15)19;1-2-4-5-3-1;;/h1-10,12-13H,11H2;1-5H2;2*1H4. The third-order valence-corrected chi connectivity index (χ3v) is 5.16. The van der Waals surface area contributed by atoms with Gasteiger partial charge in [0.1, 0.15) is 0 Å². The maximum absolute atomic E-state index is 2.25. The lowest BCUT2D eigenvalue weighted by atomic mass is 9.93. The summed E-state index contributed by atoms with van der Waals surface area (Å²) in [6.07, 6.45) is 13.0. The molecule has 0 bridgehead atoms. The van der Waals surface area contributed by atoms with Crippen LogP contribution in [0.2, 0.25) is 0 Å². The van der Waals surface area contributed by atoms with Gasteiger partial charge >= 0.3 is 0 Å². The topological polar surface area (TPSA) is 0 Å². The van der Waals surface area contributed by atoms with Crippen LogP contribution < -0.4 is 0 Å². The van der Waals surface area contributed by atoms with Gasteiger partial charge in [-0.25, -0.2) is 0 Å². The molecule has 3 aromatic rings. The number of allylic oxidation sites excluding steroid dienone is 1. The molecule has 136 valence electrons. The SMILES string of the molecule is C.C.C1=Cc2cccc(-c3cccc4ccccc34)c2C1.C1CCCC1. The molecular weight excluding hydrogens is 312 g/mol. The molecule has 3 aromatic carbocycles. The van der Waals surface area contributed by atoms with E-state index in [9.17, 15) is 0 Å². The Morgan fingerprint density at radius 2 is 1.19 bits per heavy atom. The van der Waals surface area contributed by atoms with Gasteiger partial charge in [-0.2, -0.15) is 0 Å². The first-order valence-corrected chi connectivity index (χ1v) is 9.20. The largest absolute Gasteiger partial charge is 0.0795 e. The van der Waals surface area contributed by atoms with Crippen LogP contribution in [0.5, 0.6) is 0 Å². The van der Waals surface area contributed by atoms with Gasteiger partial charge in [0, 0.05) is 0 Å². The zero-order valence-electron chi connectivity index (χ0n) is 14.2. The van der Waals surface area contributed by atoms with Gasteiger partial charge in [-0.15, -0.1) is 0 Å². The maximum atomic E-state index is 2.25. The van der Waals surface area contributed by atoms with Gasteiger partial charge in [-0.05, 0) is 39.4 Å². The van der Waals surface area contributed by atoms with Gasteiger partial charge in [0.15, 0.2) is 0 Å². The molecule has 0 radical (unpaired) electrons. The Hall–Kier alpha value is -2.34. The highest BCUT2D eigenvalue weighted by molar-refractivity contribution is 5.98. The molecule has 0 nitrogen and oxygen atoms in total. The zero-order valence-corrected chi connectivity index (χ0v) is 14.2. The maximum Gasteiger partial charge on any atom is -0.00820 e. The van der Waals surface area contributed by atoms with Crippen molar-refractivity contribution in [2.45, 2.75) is 53.4 Å². The molecule has 26 heavy (non-hydrogen) atoms. The number of hydrogen-bond donors (Lipinski definition) is 0. The van der Waals surface area contributed by atoms with Crippen LogP contribution in [0.1, 0.15) is 58.1 Å². The molecule has 1 saturated carbocycles. The summed E-state index contributed by atoms with van der Waals surface area (Å²) < 4.78 is 0. The second kappa shape index (κ2) is 9.38. The molecule has 0 saturated heterocycles. The minimum Gasteiger partial charge on any atom is -0.0795 e. The lowest BCUT2D eigenvalue weighted by Gasteiger charge is -2.11. The summed E-state index contributed by atoms with van der Waals surface area (Å²) in [6, 6.07) is 21.8. The minimum atomic E-state index is 0. The van der Waals surface area contributed by atoms with Gasteiger partial charge in [-0.3, -0.25) is 0 Å². The van der Waals surface area contributed by atoms with Gasteiger partial charge in [0.2, 0.25) is 0 Å². The number of rotatable bonds is 1. The molecule has 1 fully saturated rings. The molecule has 0 amide bonds. The summed E-state index contributed by atoms with van der Waals surface area (Å²) in [6.45, 7) is 0. The highest BCUT2D eigenvalue weighted by atomic mass is 14.2. The number of benzene rings is 3. The van der Waals surface area contributed by atoms with Gasteiger partial charge in [0.05, 0.1) is 0 Å². The molecule has 0 atom stereocenters. The molecule has 2 aliphatic rings. The summed E-state index contributed by atoms with van der Waals surface area (Å²) in [4.78, 5) is 0. The smallest absolute Gasteiger partial charge is 0.00820 e. The molecule has 0 aromatic heterocycles. The fraction of sp³-hybridized carbons (Fsp3) is 0.308. The van der Waals surface area contributed by atoms with Crippen LogP contribution in [0.15, 0.2) is 66.7 Å². The molecule has 0 N–H and O–H groups in total. The summed E-state index contributed by atoms with van der Waals surface area (Å²) in [5.41, 5.74) is 5.54. The van der Waals surface area contributed by atoms with E-state index in [-0.39, 0.29) is 14.9 Å². The Balaban J connectivity index is 0.000000304. The van der Waals surface area contributed by atoms with Gasteiger partial charge in [0.25, 0.3) is 0 Å². The monoisotopic (exact) mass is 344 g/mol. The van der Waals surface area contributed by atoms with E-state index in [1.54, 1.807) is 0 Å². The van der Waals surface area contributed by atoms with Crippen molar-refractivity contribution in [2.24, 2.45) is 0 Å². The summed E-state index contributed by atoms with van der Waals surface area (Å²) >= 11 is 0. The van der Waals surface area contributed by atoms with Crippen LogP contribution in [-0.2, 0) is 6.42 Å². The van der Waals surface area contributed by atoms with Crippen LogP contribution in [0.4, 0.5) is 0 Å². The highest BCUT2D eigenvalue weighted by Crippen LogP contribution is 2.35. The average molecular weight is 345 g/mol. The van der Waals surface area contributed by atoms with Crippen molar-refractivity contribution in [3.63, 3.8) is 0 Å². The molecule has 5 rings (SSSR count). The molecule has 0 heterocycles. The lowest BCUT2D eigenvalue weighted by Crippen LogP contribution is -1.89. The van der Waals surface area contributed by atoms with Crippen molar-refractivity contribution in [1.82, 2.24) is 0 Å². The average Bonchev–Trinajstić information content (AvgIpc) is 3.35. The van der Waals surface area contributed by atoms with Gasteiger partial charge < -0.3 is 0 Å². The van der Waals surface area contributed by atoms with Crippen molar-refractivity contribution in [3.8, 4) is 11.1 Å². The normalized spacial score (nSPS) is 14.0. The van der Waals surface area contributed by atoms with E-state index < -0.39 is 0 Å². The van der Waals surface area contributed by atoms with Crippen molar-refractivity contribution in [1.29, 1.82) is 0 Å². The van der Waals surface area contributed by atoms with E-state index in [0.717, 1.165) is 6.42 Å². The second-order valence-corrected chi connectivity index (χ2v) is 6.77. The van der Waals surface area contributed by atoms with E-state index in [2.05, 4.69) is 72.8 Å². The first-order valence-electron chi connectivity index (χ1n) is 9.20. The van der Waals surface area contributed by atoms with Crippen molar-refractivity contribution in [2.75, 3.05) is 0 Å². The van der Waals surface area contributed by atoms with Gasteiger partial charge in [-0.1, -0.05) is 120 Å². The van der Waals surface area contributed by atoms with Crippen LogP contribution in [0, 0.1) is 0 Å². The van der Waals surface area contributed by atoms with Crippen LogP contribution in [0.3, 0.4) is 0 Å². The first-order chi connectivity index (χ1) is 11.9. The van der Waals surface area contributed by atoms with Crippen LogP contribution in [-0.4, -0.2) is 0 Å². The third kappa shape index (κ3) is 4.07. The summed E-state index contributed by atoms with van der Waals surface area (Å²) in [7, 11) is 0. The Bertz CT molecular complexity index is 853. The van der Waals surface area contributed by atoms with E-state index >= 15 is 0 Å². The molecule has 0 aliphatic heterocycles. The first kappa shape index (κ1) is 20.0. The Morgan fingerprint density at radius 3 is 1.96 bits per heavy atom. The summed E-state index contributed by atoms with van der Waals surface area (Å²) in [5.74, 6) is 0. The zero-order chi connectivity index (χ0) is 16.2. The number of fused-ring (bicyclic) bond motifs is 2. The Morgan fingerprint density at radius 1 is 0.577 bits per heavy atom. The molecule has 0 spiro atoms. The van der Waals surface area contributed by atoms with E-state index in [1.165, 1.54) is 65.1 Å². The molecule has 0 heteroatoms. The van der Waals surface area contributed by atoms with Crippen LogP contribution in [0.25, 0.3) is 28.0 Å². The molecule has 2 aliphatic carbocycles. The fourth-order valence-electron chi connectivity index (χ4n) is 3.89.